The minimum Gasteiger partial charge on any atom is -0.444 e. The van der Waals surface area contributed by atoms with Gasteiger partial charge in [0.2, 0.25) is 5.91 Å². The van der Waals surface area contributed by atoms with Crippen molar-refractivity contribution in [3.63, 3.8) is 0 Å². The fraction of sp³-hybridized carbons (Fsp3) is 0.457. The number of hydrogen-bond acceptors (Lipinski definition) is 8. The zero-order chi connectivity index (χ0) is 35.2. The molecule has 49 heavy (non-hydrogen) atoms. The van der Waals surface area contributed by atoms with Gasteiger partial charge in [0.1, 0.15) is 17.1 Å². The van der Waals surface area contributed by atoms with E-state index in [4.69, 9.17) is 4.74 Å². The summed E-state index contributed by atoms with van der Waals surface area (Å²) in [6.07, 6.45) is 0.631. The minimum atomic E-state index is -4.58. The number of carbonyl (C=O) groups excluding carboxylic acids is 3. The number of nitrogens with zero attached hydrogens (tertiary/aromatic N) is 4. The lowest BCUT2D eigenvalue weighted by Gasteiger charge is -2.38. The van der Waals surface area contributed by atoms with Crippen molar-refractivity contribution < 1.29 is 32.3 Å². The molecule has 1 aromatic carbocycles. The Kier molecular flexibility index (Phi) is 11.1. The number of benzene rings is 1. The van der Waals surface area contributed by atoms with Crippen molar-refractivity contribution >= 4 is 35.1 Å². The molecule has 0 spiro atoms. The van der Waals surface area contributed by atoms with Gasteiger partial charge in [-0.05, 0) is 108 Å². The maximum Gasteiger partial charge on any atom is 0.416 e. The molecule has 2 saturated heterocycles. The lowest BCUT2D eigenvalue weighted by molar-refractivity contribution is -0.138. The maximum atomic E-state index is 13.5. The van der Waals surface area contributed by atoms with Crippen LogP contribution in [0, 0.1) is 5.92 Å². The molecule has 0 bridgehead atoms. The van der Waals surface area contributed by atoms with Crippen LogP contribution in [-0.4, -0.2) is 75.5 Å². The van der Waals surface area contributed by atoms with Gasteiger partial charge in [0, 0.05) is 44.0 Å². The zero-order valence-electron chi connectivity index (χ0n) is 27.8. The Labute approximate surface area is 283 Å². The van der Waals surface area contributed by atoms with E-state index in [-0.39, 0.29) is 29.2 Å². The third-order valence-corrected chi connectivity index (χ3v) is 8.46. The number of likely N-dealkylation sites (tertiary alicyclic amines) is 2. The van der Waals surface area contributed by atoms with Gasteiger partial charge >= 0.3 is 12.3 Å². The van der Waals surface area contributed by atoms with Gasteiger partial charge < -0.3 is 20.3 Å². The fourth-order valence-electron chi connectivity index (χ4n) is 6.00. The van der Waals surface area contributed by atoms with E-state index in [9.17, 15) is 27.6 Å². The molecular weight excluding hydrogens is 639 g/mol. The van der Waals surface area contributed by atoms with Gasteiger partial charge in [-0.3, -0.25) is 24.8 Å². The summed E-state index contributed by atoms with van der Waals surface area (Å²) < 4.78 is 45.8. The number of amides is 3. The lowest BCUT2D eigenvalue weighted by Crippen LogP contribution is -2.47. The molecule has 2 aliphatic heterocycles. The quantitative estimate of drug-likeness (QED) is 0.249. The summed E-state index contributed by atoms with van der Waals surface area (Å²) in [5, 5.41) is 8.54. The maximum absolute atomic E-state index is 13.5. The van der Waals surface area contributed by atoms with Crippen LogP contribution < -0.4 is 16.0 Å². The van der Waals surface area contributed by atoms with Crippen molar-refractivity contribution in [3.8, 4) is 0 Å². The summed E-state index contributed by atoms with van der Waals surface area (Å²) in [6.45, 7) is 8.61. The molecule has 3 amide bonds. The first kappa shape index (κ1) is 35.6. The summed E-state index contributed by atoms with van der Waals surface area (Å²) in [4.78, 5) is 50.7. The second-order valence-corrected chi connectivity index (χ2v) is 13.4. The molecule has 0 aliphatic carbocycles. The molecule has 2 fully saturated rings. The van der Waals surface area contributed by atoms with Gasteiger partial charge in [-0.1, -0.05) is 6.07 Å². The lowest BCUT2D eigenvalue weighted by atomic mass is 9.93. The van der Waals surface area contributed by atoms with Gasteiger partial charge in [-0.2, -0.15) is 13.2 Å². The van der Waals surface area contributed by atoms with E-state index in [0.717, 1.165) is 43.6 Å². The number of alkyl halides is 3. The monoisotopic (exact) mass is 681 g/mol. The fourth-order valence-corrected chi connectivity index (χ4v) is 6.00. The predicted molar refractivity (Wildman–Crippen MR) is 179 cm³/mol. The third-order valence-electron chi connectivity index (χ3n) is 8.46. The number of anilines is 3. The smallest absolute Gasteiger partial charge is 0.416 e. The topological polar surface area (TPSA) is 129 Å². The summed E-state index contributed by atoms with van der Waals surface area (Å²) in [5.41, 5.74) is -0.0246. The Morgan fingerprint density at radius 1 is 0.857 bits per heavy atom. The highest BCUT2D eigenvalue weighted by Crippen LogP contribution is 2.35. The number of pyridine rings is 2. The molecule has 0 saturated carbocycles. The van der Waals surface area contributed by atoms with Crippen molar-refractivity contribution in [3.05, 3.63) is 77.7 Å². The predicted octanol–water partition coefficient (Wildman–Crippen LogP) is 6.41. The zero-order valence-corrected chi connectivity index (χ0v) is 27.8. The normalized spacial score (nSPS) is 16.6. The molecule has 3 N–H and O–H groups in total. The molecule has 5 rings (SSSR count). The summed E-state index contributed by atoms with van der Waals surface area (Å²) in [7, 11) is 0. The van der Waals surface area contributed by atoms with Crippen LogP contribution in [0.2, 0.25) is 0 Å². The van der Waals surface area contributed by atoms with Gasteiger partial charge in [-0.25, -0.2) is 9.78 Å². The molecule has 0 atom stereocenters. The van der Waals surface area contributed by atoms with E-state index in [1.165, 1.54) is 18.3 Å². The highest BCUT2D eigenvalue weighted by molar-refractivity contribution is 6.04. The molecule has 0 unspecified atom stereocenters. The average molecular weight is 682 g/mol. The first-order chi connectivity index (χ1) is 23.2. The highest BCUT2D eigenvalue weighted by Gasteiger charge is 2.33. The third kappa shape index (κ3) is 10.1. The number of aromatic nitrogens is 2. The standard InChI is InChI=1S/C35H42F3N7O4/c1-34(2,3)49-33(48)43-30-20-23(9-15-40-30)22-44-16-10-24(11-17-44)32(47)45-18-12-26(13-19-45)41-27-8-7-25(35(36,37)38)21-29(27)42-31(46)28-6-4-5-14-39-28/h4-9,14-15,20-21,24,26,41H,10-13,16-19,22H2,1-3H3,(H,42,46)(H,40,43,48). The number of hydrogen-bond donors (Lipinski definition) is 3. The SMILES string of the molecule is CC(C)(C)OC(=O)Nc1cc(CN2CCC(C(=O)N3CCC(Nc4ccc(C(F)(F)F)cc4NC(=O)c4ccccn4)CC3)CC2)ccn1. The van der Waals surface area contributed by atoms with Crippen LogP contribution >= 0.6 is 0 Å². The van der Waals surface area contributed by atoms with Gasteiger partial charge in [-0.15, -0.1) is 0 Å². The Hall–Kier alpha value is -4.72. The van der Waals surface area contributed by atoms with Gasteiger partial charge in [0.25, 0.3) is 5.91 Å². The van der Waals surface area contributed by atoms with Crippen molar-refractivity contribution in [2.45, 2.75) is 70.8 Å². The Balaban J connectivity index is 1.11. The second-order valence-electron chi connectivity index (χ2n) is 13.4. The van der Waals surface area contributed by atoms with Crippen molar-refractivity contribution in [2.75, 3.05) is 42.1 Å². The van der Waals surface area contributed by atoms with Crippen LogP contribution in [-0.2, 0) is 22.3 Å². The largest absolute Gasteiger partial charge is 0.444 e. The molecule has 0 radical (unpaired) electrons. The van der Waals surface area contributed by atoms with Gasteiger partial charge in [0.05, 0.1) is 16.9 Å². The number of ether oxygens (including phenoxy) is 1. The first-order valence-electron chi connectivity index (χ1n) is 16.4. The van der Waals surface area contributed by atoms with E-state index in [1.54, 1.807) is 39.1 Å². The van der Waals surface area contributed by atoms with E-state index >= 15 is 0 Å². The van der Waals surface area contributed by atoms with Crippen LogP contribution in [0.4, 0.5) is 35.2 Å². The number of nitrogens with one attached hydrogen (secondary N) is 3. The van der Waals surface area contributed by atoms with Crippen molar-refractivity contribution in [1.82, 2.24) is 19.8 Å². The number of carbonyl (C=O) groups is 3. The molecular formula is C35H42F3N7O4. The Morgan fingerprint density at radius 2 is 1.59 bits per heavy atom. The number of piperidine rings is 2. The summed E-state index contributed by atoms with van der Waals surface area (Å²) in [5.74, 6) is -0.150. The molecule has 14 heteroatoms. The molecule has 4 heterocycles. The molecule has 2 aromatic heterocycles. The van der Waals surface area contributed by atoms with Crippen LogP contribution in [0.15, 0.2) is 60.9 Å². The van der Waals surface area contributed by atoms with Crippen molar-refractivity contribution in [1.29, 1.82) is 0 Å². The Bertz CT molecular complexity index is 1620. The highest BCUT2D eigenvalue weighted by atomic mass is 19.4. The number of rotatable bonds is 8. The van der Waals surface area contributed by atoms with Gasteiger partial charge in [0.15, 0.2) is 0 Å². The van der Waals surface area contributed by atoms with Crippen LogP contribution in [0.3, 0.4) is 0 Å². The van der Waals surface area contributed by atoms with Crippen LogP contribution in [0.25, 0.3) is 0 Å². The minimum absolute atomic E-state index is 0.0121. The number of halogens is 3. The Morgan fingerprint density at radius 3 is 2.24 bits per heavy atom. The molecule has 3 aromatic rings. The average Bonchev–Trinajstić information content (AvgIpc) is 3.05. The second kappa shape index (κ2) is 15.2. The van der Waals surface area contributed by atoms with Crippen LogP contribution in [0.5, 0.6) is 0 Å². The molecule has 11 nitrogen and oxygen atoms in total. The molecule has 262 valence electrons. The van der Waals surface area contributed by atoms with E-state index in [0.29, 0.717) is 44.0 Å². The first-order valence-corrected chi connectivity index (χ1v) is 16.4. The van der Waals surface area contributed by atoms with Crippen LogP contribution in [0.1, 0.15) is 68.1 Å². The summed E-state index contributed by atoms with van der Waals surface area (Å²) >= 11 is 0. The van der Waals surface area contributed by atoms with E-state index in [1.807, 2.05) is 17.0 Å². The molecule has 2 aliphatic rings. The summed E-state index contributed by atoms with van der Waals surface area (Å²) in [6, 6.07) is 11.6. The van der Waals surface area contributed by atoms with E-state index in [2.05, 4.69) is 30.8 Å². The van der Waals surface area contributed by atoms with Crippen molar-refractivity contribution in [2.24, 2.45) is 5.92 Å². The van der Waals surface area contributed by atoms with E-state index < -0.39 is 29.3 Å².